The third-order valence-electron chi connectivity index (χ3n) is 5.30. The molecule has 5 heteroatoms. The van der Waals surface area contributed by atoms with Crippen LogP contribution in [0.15, 0.2) is 36.4 Å². The largest absolute Gasteiger partial charge is 0.490 e. The number of hydrogen-bond donors (Lipinski definition) is 1. The fourth-order valence-corrected chi connectivity index (χ4v) is 3.78. The van der Waals surface area contributed by atoms with Crippen LogP contribution in [0.25, 0.3) is 0 Å². The smallest absolute Gasteiger partial charge is 0.234 e. The fraction of sp³-hybridized carbons (Fsp3) is 0.458. The number of carbonyl (C=O) groups excluding carboxylic acids is 1. The summed E-state index contributed by atoms with van der Waals surface area (Å²) in [6.45, 7) is 10.0. The highest BCUT2D eigenvalue weighted by molar-refractivity contribution is 5.78. The Kier molecular flexibility index (Phi) is 7.53. The first-order valence-electron chi connectivity index (χ1n) is 10.6. The van der Waals surface area contributed by atoms with Gasteiger partial charge in [-0.2, -0.15) is 0 Å². The number of nitrogens with one attached hydrogen (secondary N) is 1. The maximum atomic E-state index is 12.4. The second-order valence-electron chi connectivity index (χ2n) is 7.42. The van der Waals surface area contributed by atoms with Crippen LogP contribution in [-0.4, -0.2) is 43.7 Å². The minimum atomic E-state index is 0.0815. The minimum absolute atomic E-state index is 0.0815. The molecule has 1 N–H and O–H groups in total. The Morgan fingerprint density at radius 1 is 1.07 bits per heavy atom. The average Bonchev–Trinajstić information content (AvgIpc) is 2.70. The van der Waals surface area contributed by atoms with E-state index in [1.54, 1.807) is 0 Å². The molecule has 2 aromatic rings. The van der Waals surface area contributed by atoms with Gasteiger partial charge in [-0.15, -0.1) is 0 Å². The van der Waals surface area contributed by atoms with E-state index in [1.807, 2.05) is 26.0 Å². The number of hydrogen-bond acceptors (Lipinski definition) is 4. The van der Waals surface area contributed by atoms with E-state index in [1.165, 1.54) is 22.3 Å². The number of carbonyl (C=O) groups is 1. The van der Waals surface area contributed by atoms with E-state index < -0.39 is 0 Å². The summed E-state index contributed by atoms with van der Waals surface area (Å²) in [6, 6.07) is 12.5. The Morgan fingerprint density at radius 2 is 1.76 bits per heavy atom. The molecule has 29 heavy (non-hydrogen) atoms. The van der Waals surface area contributed by atoms with E-state index in [0.29, 0.717) is 26.3 Å². The number of fused-ring (bicyclic) bond motifs is 1. The first kappa shape index (κ1) is 21.2. The summed E-state index contributed by atoms with van der Waals surface area (Å²) in [7, 11) is 0. The van der Waals surface area contributed by atoms with Gasteiger partial charge in [0.1, 0.15) is 0 Å². The average molecular weight is 397 g/mol. The maximum Gasteiger partial charge on any atom is 0.234 e. The van der Waals surface area contributed by atoms with Gasteiger partial charge in [-0.1, -0.05) is 24.3 Å². The molecular weight excluding hydrogens is 364 g/mol. The van der Waals surface area contributed by atoms with Crippen LogP contribution in [0.1, 0.15) is 36.1 Å². The number of benzene rings is 2. The van der Waals surface area contributed by atoms with E-state index in [9.17, 15) is 4.79 Å². The molecule has 0 saturated heterocycles. The highest BCUT2D eigenvalue weighted by Crippen LogP contribution is 2.33. The summed E-state index contributed by atoms with van der Waals surface area (Å²) in [4.78, 5) is 14.6. The summed E-state index contributed by atoms with van der Waals surface area (Å²) in [5.41, 5.74) is 5.06. The van der Waals surface area contributed by atoms with Crippen molar-refractivity contribution in [2.45, 2.75) is 40.2 Å². The summed E-state index contributed by atoms with van der Waals surface area (Å²) in [5, 5.41) is 3.06. The molecule has 3 rings (SSSR count). The summed E-state index contributed by atoms with van der Waals surface area (Å²) in [6.07, 6.45) is 1.78. The molecule has 1 heterocycles. The van der Waals surface area contributed by atoms with Crippen molar-refractivity contribution in [3.8, 4) is 11.5 Å². The molecule has 0 aromatic heterocycles. The Labute approximate surface area is 174 Å². The van der Waals surface area contributed by atoms with Crippen LogP contribution in [0.5, 0.6) is 11.5 Å². The highest BCUT2D eigenvalue weighted by Gasteiger charge is 2.21. The van der Waals surface area contributed by atoms with E-state index >= 15 is 0 Å². The molecule has 0 saturated carbocycles. The molecule has 0 unspecified atom stereocenters. The zero-order chi connectivity index (χ0) is 20.6. The summed E-state index contributed by atoms with van der Waals surface area (Å²) >= 11 is 0. The van der Waals surface area contributed by atoms with Gasteiger partial charge in [-0.05, 0) is 68.0 Å². The van der Waals surface area contributed by atoms with Gasteiger partial charge >= 0.3 is 0 Å². The Bertz CT molecular complexity index is 835. The molecule has 1 aliphatic rings. The van der Waals surface area contributed by atoms with E-state index in [-0.39, 0.29) is 5.91 Å². The molecule has 1 amide bonds. The quantitative estimate of drug-likeness (QED) is 0.705. The van der Waals surface area contributed by atoms with Gasteiger partial charge in [0.05, 0.1) is 19.8 Å². The second kappa shape index (κ2) is 10.3. The van der Waals surface area contributed by atoms with E-state index in [2.05, 4.69) is 41.4 Å². The van der Waals surface area contributed by atoms with Gasteiger partial charge < -0.3 is 14.8 Å². The minimum Gasteiger partial charge on any atom is -0.490 e. The van der Waals surface area contributed by atoms with Gasteiger partial charge in [-0.25, -0.2) is 0 Å². The predicted molar refractivity (Wildman–Crippen MR) is 116 cm³/mol. The topological polar surface area (TPSA) is 50.8 Å². The Balaban J connectivity index is 1.54. The second-order valence-corrected chi connectivity index (χ2v) is 7.42. The zero-order valence-corrected chi connectivity index (χ0v) is 17.8. The molecule has 0 radical (unpaired) electrons. The SMILES string of the molecule is CCOc1cc2c(cc1OCC)CN(CC(=O)NCCc1ccccc1C)CC2. The lowest BCUT2D eigenvalue weighted by atomic mass is 9.98. The van der Waals surface area contributed by atoms with Crippen LogP contribution >= 0.6 is 0 Å². The molecule has 1 aliphatic heterocycles. The predicted octanol–water partition coefficient (Wildman–Crippen LogP) is 3.51. The van der Waals surface area contributed by atoms with Crippen molar-refractivity contribution in [3.63, 3.8) is 0 Å². The molecule has 0 bridgehead atoms. The van der Waals surface area contributed by atoms with Crippen molar-refractivity contribution in [2.24, 2.45) is 0 Å². The Morgan fingerprint density at radius 3 is 2.45 bits per heavy atom. The van der Waals surface area contributed by atoms with E-state index in [4.69, 9.17) is 9.47 Å². The van der Waals surface area contributed by atoms with Crippen LogP contribution in [0.3, 0.4) is 0 Å². The monoisotopic (exact) mass is 396 g/mol. The maximum absolute atomic E-state index is 12.4. The van der Waals surface area contributed by atoms with E-state index in [0.717, 1.165) is 37.4 Å². The summed E-state index contributed by atoms with van der Waals surface area (Å²) < 4.78 is 11.5. The molecular formula is C24H32N2O3. The molecule has 5 nitrogen and oxygen atoms in total. The van der Waals surface area contributed by atoms with Crippen molar-refractivity contribution in [3.05, 3.63) is 58.7 Å². The fourth-order valence-electron chi connectivity index (χ4n) is 3.78. The molecule has 0 spiro atoms. The standard InChI is InChI=1S/C24H32N2O3/c1-4-28-22-14-20-11-13-26(16-21(20)15-23(22)29-5-2)17-24(27)25-12-10-19-9-7-6-8-18(19)3/h6-9,14-15H,4-5,10-13,16-17H2,1-3H3,(H,25,27). The third kappa shape index (κ3) is 5.73. The van der Waals surface area contributed by atoms with Crippen LogP contribution in [0.2, 0.25) is 0 Å². The van der Waals surface area contributed by atoms with Gasteiger partial charge in [0.15, 0.2) is 11.5 Å². The molecule has 0 atom stereocenters. The van der Waals surface area contributed by atoms with Crippen molar-refractivity contribution < 1.29 is 14.3 Å². The van der Waals surface area contributed by atoms with Crippen molar-refractivity contribution in [1.29, 1.82) is 0 Å². The number of ether oxygens (including phenoxy) is 2. The van der Waals surface area contributed by atoms with Crippen LogP contribution < -0.4 is 14.8 Å². The van der Waals surface area contributed by atoms with Crippen molar-refractivity contribution in [2.75, 3.05) is 32.8 Å². The van der Waals surface area contributed by atoms with Crippen LogP contribution in [-0.2, 0) is 24.2 Å². The van der Waals surface area contributed by atoms with Gasteiger partial charge in [0.2, 0.25) is 5.91 Å². The van der Waals surface area contributed by atoms with Gasteiger partial charge in [0, 0.05) is 19.6 Å². The highest BCUT2D eigenvalue weighted by atomic mass is 16.5. The Hall–Kier alpha value is -2.53. The normalized spacial score (nSPS) is 13.6. The van der Waals surface area contributed by atoms with Crippen LogP contribution in [0, 0.1) is 6.92 Å². The zero-order valence-electron chi connectivity index (χ0n) is 17.8. The molecule has 2 aromatic carbocycles. The number of aryl methyl sites for hydroxylation is 1. The summed E-state index contributed by atoms with van der Waals surface area (Å²) in [5.74, 6) is 1.69. The first-order valence-corrected chi connectivity index (χ1v) is 10.6. The lowest BCUT2D eigenvalue weighted by Crippen LogP contribution is -2.40. The van der Waals surface area contributed by atoms with Crippen molar-refractivity contribution in [1.82, 2.24) is 10.2 Å². The van der Waals surface area contributed by atoms with Crippen molar-refractivity contribution >= 4 is 5.91 Å². The lowest BCUT2D eigenvalue weighted by molar-refractivity contribution is -0.122. The van der Waals surface area contributed by atoms with Gasteiger partial charge in [0.25, 0.3) is 0 Å². The number of nitrogens with zero attached hydrogens (tertiary/aromatic N) is 1. The molecule has 0 aliphatic carbocycles. The number of rotatable bonds is 9. The first-order chi connectivity index (χ1) is 14.1. The molecule has 156 valence electrons. The third-order valence-corrected chi connectivity index (χ3v) is 5.30. The number of amides is 1. The molecule has 0 fully saturated rings. The van der Waals surface area contributed by atoms with Crippen LogP contribution in [0.4, 0.5) is 0 Å². The van der Waals surface area contributed by atoms with Gasteiger partial charge in [-0.3, -0.25) is 9.69 Å². The lowest BCUT2D eigenvalue weighted by Gasteiger charge is -2.29.